The van der Waals surface area contributed by atoms with Crippen LogP contribution in [0.5, 0.6) is 0 Å². The van der Waals surface area contributed by atoms with Gasteiger partial charge in [-0.25, -0.2) is 4.98 Å². The van der Waals surface area contributed by atoms with Crippen molar-refractivity contribution in [1.29, 1.82) is 5.26 Å². The number of hydrogen-bond donors (Lipinski definition) is 1. The van der Waals surface area contributed by atoms with E-state index < -0.39 is 0 Å². The van der Waals surface area contributed by atoms with Crippen LogP contribution in [0, 0.1) is 11.3 Å². The number of nitriles is 1. The van der Waals surface area contributed by atoms with E-state index in [1.54, 1.807) is 16.0 Å². The molecule has 8 heteroatoms. The smallest absolute Gasteiger partial charge is 0.184 e. The molecule has 1 aliphatic heterocycles. The summed E-state index contributed by atoms with van der Waals surface area (Å²) in [5.74, 6) is 0. The quantitative estimate of drug-likeness (QED) is 0.455. The molecule has 0 saturated carbocycles. The molecule has 0 aliphatic carbocycles. The van der Waals surface area contributed by atoms with Gasteiger partial charge in [0.25, 0.3) is 0 Å². The first-order valence-corrected chi connectivity index (χ1v) is 12.0. The van der Waals surface area contributed by atoms with Gasteiger partial charge in [-0.3, -0.25) is 14.6 Å². The van der Waals surface area contributed by atoms with E-state index in [9.17, 15) is 5.26 Å². The normalized spacial score (nSPS) is 18.6. The maximum atomic E-state index is 9.60. The van der Waals surface area contributed by atoms with E-state index >= 15 is 0 Å². The minimum atomic E-state index is 0.119. The maximum absolute atomic E-state index is 9.60. The van der Waals surface area contributed by atoms with Crippen LogP contribution in [-0.2, 0) is 7.05 Å². The number of aromatic nitrogens is 4. The summed E-state index contributed by atoms with van der Waals surface area (Å²) in [5, 5.41) is 19.6. The Morgan fingerprint density at radius 2 is 1.85 bits per heavy atom. The molecule has 0 amide bonds. The first-order chi connectivity index (χ1) is 15.6. The molecule has 7 nitrogen and oxygen atoms in total. The molecule has 0 radical (unpaired) electrons. The molecular formula is C25H29N7S. The van der Waals surface area contributed by atoms with Gasteiger partial charge < -0.3 is 5.32 Å². The van der Waals surface area contributed by atoms with Crippen LogP contribution in [0.1, 0.15) is 46.1 Å². The number of fused-ring (bicyclic) bond motifs is 2. The molecule has 1 saturated heterocycles. The van der Waals surface area contributed by atoms with E-state index in [1.807, 2.05) is 31.6 Å². The zero-order valence-corrected chi connectivity index (χ0v) is 20.8. The third kappa shape index (κ3) is 3.85. The molecule has 1 N–H and O–H groups in total. The van der Waals surface area contributed by atoms with E-state index in [2.05, 4.69) is 67.2 Å². The van der Waals surface area contributed by atoms with Gasteiger partial charge in [0.1, 0.15) is 17.1 Å². The average molecular weight is 460 g/mol. The van der Waals surface area contributed by atoms with Gasteiger partial charge >= 0.3 is 0 Å². The van der Waals surface area contributed by atoms with Crippen LogP contribution in [0.15, 0.2) is 30.6 Å². The van der Waals surface area contributed by atoms with E-state index in [0.717, 1.165) is 50.4 Å². The molecule has 0 bridgehead atoms. The fourth-order valence-corrected chi connectivity index (χ4v) is 6.14. The number of piperidine rings is 1. The lowest BCUT2D eigenvalue weighted by Crippen LogP contribution is -2.61. The highest BCUT2D eigenvalue weighted by Crippen LogP contribution is 2.39. The van der Waals surface area contributed by atoms with Crippen molar-refractivity contribution in [1.82, 2.24) is 24.6 Å². The topological polar surface area (TPSA) is 82.7 Å². The Morgan fingerprint density at radius 3 is 2.55 bits per heavy atom. The summed E-state index contributed by atoms with van der Waals surface area (Å²) < 4.78 is 2.82. The lowest BCUT2D eigenvalue weighted by Gasteiger charge is -2.53. The predicted molar refractivity (Wildman–Crippen MR) is 134 cm³/mol. The molecule has 33 heavy (non-hydrogen) atoms. The van der Waals surface area contributed by atoms with Crippen LogP contribution in [-0.4, -0.2) is 48.8 Å². The fraction of sp³-hybridized carbons (Fsp3) is 0.440. The van der Waals surface area contributed by atoms with Crippen LogP contribution in [0.2, 0.25) is 0 Å². The van der Waals surface area contributed by atoms with Crippen molar-refractivity contribution in [3.8, 4) is 17.3 Å². The van der Waals surface area contributed by atoms with E-state index in [4.69, 9.17) is 4.98 Å². The summed E-state index contributed by atoms with van der Waals surface area (Å²) in [6.07, 6.45) is 5.88. The van der Waals surface area contributed by atoms with Crippen molar-refractivity contribution >= 4 is 37.6 Å². The zero-order valence-electron chi connectivity index (χ0n) is 20.0. The monoisotopic (exact) mass is 459 g/mol. The summed E-state index contributed by atoms with van der Waals surface area (Å²) in [5.41, 5.74) is 4.16. The Bertz CT molecular complexity index is 1390. The molecule has 3 aromatic heterocycles. The standard InChI is InChI=1S/C25H29N7S/c1-24(2)10-18(11-25(3,4)32(24)6)28-23-29-20-13-27-19(9-21(20)33-23)15-7-16(12-26)22-17(8-15)14-31(5)30-22/h7-9,13-14,18H,10-11H2,1-6H3,(H,28,29). The number of thiazole rings is 1. The van der Waals surface area contributed by atoms with Gasteiger partial charge in [-0.2, -0.15) is 10.4 Å². The van der Waals surface area contributed by atoms with Crippen molar-refractivity contribution in [3.63, 3.8) is 0 Å². The molecule has 170 valence electrons. The van der Waals surface area contributed by atoms with Gasteiger partial charge in [0.05, 0.1) is 22.2 Å². The zero-order chi connectivity index (χ0) is 23.5. The van der Waals surface area contributed by atoms with Gasteiger partial charge in [-0.15, -0.1) is 0 Å². The first-order valence-electron chi connectivity index (χ1n) is 11.2. The third-order valence-corrected chi connectivity index (χ3v) is 8.00. The second-order valence-electron chi connectivity index (χ2n) is 10.4. The fourth-order valence-electron chi connectivity index (χ4n) is 5.19. The second kappa shape index (κ2) is 7.51. The molecule has 1 fully saturated rings. The third-order valence-electron chi connectivity index (χ3n) is 7.05. The Morgan fingerprint density at radius 1 is 1.12 bits per heavy atom. The van der Waals surface area contributed by atoms with Crippen LogP contribution in [0.25, 0.3) is 32.4 Å². The Hall–Kier alpha value is -3.02. The highest BCUT2D eigenvalue weighted by molar-refractivity contribution is 7.22. The van der Waals surface area contributed by atoms with Crippen LogP contribution >= 0.6 is 11.3 Å². The number of aryl methyl sites for hydroxylation is 1. The first kappa shape index (κ1) is 21.8. The lowest BCUT2D eigenvalue weighted by molar-refractivity contribution is -0.00767. The Labute approximate surface area is 198 Å². The van der Waals surface area contributed by atoms with E-state index in [-0.39, 0.29) is 11.1 Å². The highest BCUT2D eigenvalue weighted by Gasteiger charge is 2.43. The second-order valence-corrected chi connectivity index (χ2v) is 11.4. The number of anilines is 1. The number of hydrogen-bond acceptors (Lipinski definition) is 7. The van der Waals surface area contributed by atoms with Gasteiger partial charge in [-0.1, -0.05) is 11.3 Å². The number of rotatable bonds is 3. The van der Waals surface area contributed by atoms with Crippen molar-refractivity contribution < 1.29 is 0 Å². The van der Waals surface area contributed by atoms with Gasteiger partial charge in [0.15, 0.2) is 5.13 Å². The summed E-state index contributed by atoms with van der Waals surface area (Å²) in [4.78, 5) is 12.0. The Kier molecular flexibility index (Phi) is 4.96. The molecule has 0 spiro atoms. The molecular weight excluding hydrogens is 430 g/mol. The van der Waals surface area contributed by atoms with Gasteiger partial charge in [0, 0.05) is 41.3 Å². The molecule has 0 unspecified atom stereocenters. The summed E-state index contributed by atoms with van der Waals surface area (Å²) in [6, 6.07) is 8.61. The maximum Gasteiger partial charge on any atom is 0.184 e. The minimum absolute atomic E-state index is 0.119. The summed E-state index contributed by atoms with van der Waals surface area (Å²) in [6.45, 7) is 9.24. The number of likely N-dealkylation sites (tertiary alicyclic amines) is 1. The minimum Gasteiger partial charge on any atom is -0.359 e. The highest BCUT2D eigenvalue weighted by atomic mass is 32.1. The number of pyridine rings is 1. The molecule has 4 aromatic rings. The van der Waals surface area contributed by atoms with Crippen molar-refractivity contribution in [2.75, 3.05) is 12.4 Å². The number of benzene rings is 1. The van der Waals surface area contributed by atoms with Crippen LogP contribution < -0.4 is 5.32 Å². The average Bonchev–Trinajstić information content (AvgIpc) is 3.31. The van der Waals surface area contributed by atoms with Crippen molar-refractivity contribution in [2.24, 2.45) is 7.05 Å². The van der Waals surface area contributed by atoms with E-state index in [0.29, 0.717) is 11.6 Å². The van der Waals surface area contributed by atoms with Gasteiger partial charge in [0.2, 0.25) is 0 Å². The molecule has 1 aliphatic rings. The number of nitrogens with one attached hydrogen (secondary N) is 1. The Balaban J connectivity index is 1.45. The largest absolute Gasteiger partial charge is 0.359 e. The van der Waals surface area contributed by atoms with Crippen LogP contribution in [0.3, 0.4) is 0 Å². The SMILES string of the molecule is CN1C(C)(C)CC(Nc2nc3cnc(-c4cc(C#N)c5nn(C)cc5c4)cc3s2)CC1(C)C. The van der Waals surface area contributed by atoms with Crippen molar-refractivity contribution in [3.05, 3.63) is 36.2 Å². The molecule has 5 rings (SSSR count). The van der Waals surface area contributed by atoms with Crippen molar-refractivity contribution in [2.45, 2.75) is 57.7 Å². The summed E-state index contributed by atoms with van der Waals surface area (Å²) >= 11 is 1.66. The van der Waals surface area contributed by atoms with Crippen LogP contribution in [0.4, 0.5) is 5.13 Å². The van der Waals surface area contributed by atoms with Gasteiger partial charge in [-0.05, 0) is 65.8 Å². The summed E-state index contributed by atoms with van der Waals surface area (Å²) in [7, 11) is 4.09. The van der Waals surface area contributed by atoms with E-state index in [1.165, 1.54) is 0 Å². The molecule has 0 atom stereocenters. The lowest BCUT2D eigenvalue weighted by atomic mass is 9.77. The predicted octanol–water partition coefficient (Wildman–Crippen LogP) is 5.18. The molecule has 1 aromatic carbocycles. The number of nitrogens with zero attached hydrogens (tertiary/aromatic N) is 6. The molecule has 4 heterocycles.